The first-order valence-corrected chi connectivity index (χ1v) is 7.08. The van der Waals surface area contributed by atoms with Crippen molar-refractivity contribution < 1.29 is 18.3 Å². The molecule has 2 aromatic carbocycles. The first kappa shape index (κ1) is 16.8. The van der Waals surface area contributed by atoms with E-state index in [1.165, 1.54) is 20.3 Å². The number of benzene rings is 2. The van der Waals surface area contributed by atoms with Crippen molar-refractivity contribution in [2.75, 3.05) is 19.5 Å². The largest absolute Gasteiger partial charge is 0.493 e. The molecule has 2 aromatic rings. The summed E-state index contributed by atoms with van der Waals surface area (Å²) in [5, 5.41) is 2.23. The van der Waals surface area contributed by atoms with Gasteiger partial charge in [0.25, 0.3) is 0 Å². The fourth-order valence-corrected chi connectivity index (χ4v) is 2.09. The second-order valence-electron chi connectivity index (χ2n) is 5.01. The lowest BCUT2D eigenvalue weighted by Gasteiger charge is -2.17. The van der Waals surface area contributed by atoms with Gasteiger partial charge in [-0.1, -0.05) is 30.3 Å². The van der Waals surface area contributed by atoms with Gasteiger partial charge in [-0.25, -0.2) is 0 Å². The number of hydrogen-bond acceptors (Lipinski definition) is 3. The summed E-state index contributed by atoms with van der Waals surface area (Å²) in [6.45, 7) is 1.77. The summed E-state index contributed by atoms with van der Waals surface area (Å²) in [5.41, 5.74) is 1.75. The summed E-state index contributed by atoms with van der Waals surface area (Å²) in [6, 6.07) is 8.73. The zero-order valence-electron chi connectivity index (χ0n) is 13.3. The van der Waals surface area contributed by atoms with Crippen molar-refractivity contribution in [2.24, 2.45) is 0 Å². The van der Waals surface area contributed by atoms with Gasteiger partial charge in [0.2, 0.25) is 0 Å². The number of ether oxygens (including phenoxy) is 2. The molecule has 0 saturated heterocycles. The Kier molecular flexibility index (Phi) is 5.21. The van der Waals surface area contributed by atoms with Crippen molar-refractivity contribution >= 4 is 11.8 Å². The van der Waals surface area contributed by atoms with Crippen LogP contribution in [0.4, 0.5) is 14.5 Å². The monoisotopic (exact) mass is 319 g/mol. The second-order valence-corrected chi connectivity index (χ2v) is 5.01. The molecular formula is C18H19F2NO2. The van der Waals surface area contributed by atoms with Gasteiger partial charge < -0.3 is 14.8 Å². The Hall–Kier alpha value is -2.56. The molecule has 0 heterocycles. The zero-order chi connectivity index (χ0) is 16.9. The molecule has 0 fully saturated rings. The molecule has 0 spiro atoms. The van der Waals surface area contributed by atoms with Crippen LogP contribution in [0, 0.1) is 6.92 Å². The Morgan fingerprint density at radius 2 is 1.70 bits per heavy atom. The van der Waals surface area contributed by atoms with Crippen LogP contribution in [0.15, 0.2) is 48.5 Å². The van der Waals surface area contributed by atoms with Gasteiger partial charge in [-0.3, -0.25) is 0 Å². The minimum Gasteiger partial charge on any atom is -0.493 e. The Morgan fingerprint density at radius 1 is 1.00 bits per heavy atom. The third-order valence-electron chi connectivity index (χ3n) is 3.34. The van der Waals surface area contributed by atoms with Gasteiger partial charge in [0.1, 0.15) is 0 Å². The lowest BCUT2D eigenvalue weighted by Crippen LogP contribution is -2.24. The average Bonchev–Trinajstić information content (AvgIpc) is 2.54. The van der Waals surface area contributed by atoms with Gasteiger partial charge >= 0.3 is 6.05 Å². The van der Waals surface area contributed by atoms with E-state index in [4.69, 9.17) is 9.47 Å². The van der Waals surface area contributed by atoms with E-state index >= 15 is 0 Å². The number of halogens is 2. The number of rotatable bonds is 6. The molecule has 5 heteroatoms. The van der Waals surface area contributed by atoms with Crippen LogP contribution < -0.4 is 14.8 Å². The third-order valence-corrected chi connectivity index (χ3v) is 3.34. The van der Waals surface area contributed by atoms with E-state index in [0.717, 1.165) is 11.6 Å². The highest BCUT2D eigenvalue weighted by Gasteiger charge is 2.24. The van der Waals surface area contributed by atoms with Gasteiger partial charge in [0.05, 0.1) is 14.2 Å². The van der Waals surface area contributed by atoms with E-state index in [1.807, 2.05) is 0 Å². The Balaban J connectivity index is 2.16. The predicted octanol–water partition coefficient (Wildman–Crippen LogP) is 4.73. The number of hydrogen-bond donors (Lipinski definition) is 1. The van der Waals surface area contributed by atoms with E-state index in [2.05, 4.69) is 5.32 Å². The molecule has 0 aliphatic rings. The molecule has 122 valence electrons. The van der Waals surface area contributed by atoms with Crippen molar-refractivity contribution in [1.29, 1.82) is 0 Å². The van der Waals surface area contributed by atoms with Crippen molar-refractivity contribution in [2.45, 2.75) is 13.0 Å². The van der Waals surface area contributed by atoms with Crippen LogP contribution in [0.3, 0.4) is 0 Å². The minimum absolute atomic E-state index is 0.398. The predicted molar refractivity (Wildman–Crippen MR) is 88.3 cm³/mol. The molecule has 0 aliphatic heterocycles. The molecule has 0 unspecified atom stereocenters. The standard InChI is InChI=1S/C18H19F2NO2/c1-13-6-4-5-7-15(13)21-18(19,20)11-10-14-8-9-16(22-2)17(12-14)23-3/h4-12,21H,1-3H3. The molecule has 0 radical (unpaired) electrons. The fraction of sp³-hybridized carbons (Fsp3) is 0.222. The number of para-hydroxylation sites is 1. The van der Waals surface area contributed by atoms with Crippen molar-refractivity contribution in [3.8, 4) is 11.5 Å². The summed E-state index contributed by atoms with van der Waals surface area (Å²) < 4.78 is 38.4. The van der Waals surface area contributed by atoms with Crippen LogP contribution in [-0.4, -0.2) is 20.3 Å². The molecule has 23 heavy (non-hydrogen) atoms. The quantitative estimate of drug-likeness (QED) is 0.781. The average molecular weight is 319 g/mol. The molecule has 0 bridgehead atoms. The highest BCUT2D eigenvalue weighted by Crippen LogP contribution is 2.29. The maximum atomic E-state index is 14.0. The molecule has 0 aliphatic carbocycles. The second kappa shape index (κ2) is 7.13. The molecule has 3 nitrogen and oxygen atoms in total. The van der Waals surface area contributed by atoms with E-state index in [1.54, 1.807) is 49.4 Å². The van der Waals surface area contributed by atoms with Crippen molar-refractivity contribution in [3.63, 3.8) is 0 Å². The lowest BCUT2D eigenvalue weighted by molar-refractivity contribution is 0.0889. The fourth-order valence-electron chi connectivity index (χ4n) is 2.09. The van der Waals surface area contributed by atoms with E-state index in [9.17, 15) is 8.78 Å². The molecular weight excluding hydrogens is 300 g/mol. The number of methoxy groups -OCH3 is 2. The smallest absolute Gasteiger partial charge is 0.343 e. The number of aryl methyl sites for hydroxylation is 1. The normalized spacial score (nSPS) is 11.5. The molecule has 0 saturated carbocycles. The summed E-state index contributed by atoms with van der Waals surface area (Å²) in [4.78, 5) is 0. The van der Waals surface area contributed by atoms with Crippen LogP contribution >= 0.6 is 0 Å². The van der Waals surface area contributed by atoms with Crippen LogP contribution in [0.5, 0.6) is 11.5 Å². The Bertz CT molecular complexity index is 699. The Labute approximate surface area is 134 Å². The Morgan fingerprint density at radius 3 is 2.35 bits per heavy atom. The SMILES string of the molecule is COc1ccc(C=CC(F)(F)Nc2ccccc2C)cc1OC. The number of nitrogens with one attached hydrogen (secondary N) is 1. The summed E-state index contributed by atoms with van der Waals surface area (Å²) in [6.07, 6.45) is 2.16. The van der Waals surface area contributed by atoms with Gasteiger partial charge in [-0.2, -0.15) is 8.78 Å². The van der Waals surface area contributed by atoms with Crippen LogP contribution in [0.2, 0.25) is 0 Å². The van der Waals surface area contributed by atoms with Crippen molar-refractivity contribution in [3.05, 3.63) is 59.7 Å². The summed E-state index contributed by atoms with van der Waals surface area (Å²) in [5.74, 6) is 1.04. The molecule has 2 rings (SSSR count). The maximum Gasteiger partial charge on any atom is 0.343 e. The van der Waals surface area contributed by atoms with Crippen LogP contribution in [-0.2, 0) is 0 Å². The van der Waals surface area contributed by atoms with Gasteiger partial charge in [-0.15, -0.1) is 0 Å². The van der Waals surface area contributed by atoms with Gasteiger partial charge in [0, 0.05) is 11.8 Å². The summed E-state index contributed by atoms with van der Waals surface area (Å²) in [7, 11) is 3.02. The van der Waals surface area contributed by atoms with E-state index < -0.39 is 6.05 Å². The first-order valence-electron chi connectivity index (χ1n) is 7.08. The molecule has 0 amide bonds. The lowest BCUT2D eigenvalue weighted by atomic mass is 10.1. The van der Waals surface area contributed by atoms with Crippen LogP contribution in [0.1, 0.15) is 11.1 Å². The first-order chi connectivity index (χ1) is 10.9. The van der Waals surface area contributed by atoms with E-state index in [-0.39, 0.29) is 0 Å². The highest BCUT2D eigenvalue weighted by atomic mass is 19.3. The number of alkyl halides is 2. The van der Waals surface area contributed by atoms with Gasteiger partial charge in [0.15, 0.2) is 11.5 Å². The zero-order valence-corrected chi connectivity index (χ0v) is 13.3. The van der Waals surface area contributed by atoms with E-state index in [0.29, 0.717) is 22.7 Å². The van der Waals surface area contributed by atoms with Gasteiger partial charge in [-0.05, 0) is 36.2 Å². The molecule has 0 atom stereocenters. The molecule has 1 N–H and O–H groups in total. The highest BCUT2D eigenvalue weighted by molar-refractivity contribution is 5.58. The number of anilines is 1. The molecule has 0 aromatic heterocycles. The summed E-state index contributed by atoms with van der Waals surface area (Å²) >= 11 is 0. The third kappa shape index (κ3) is 4.45. The minimum atomic E-state index is -3.17. The maximum absolute atomic E-state index is 14.0. The van der Waals surface area contributed by atoms with Crippen LogP contribution in [0.25, 0.3) is 6.08 Å². The topological polar surface area (TPSA) is 30.5 Å². The van der Waals surface area contributed by atoms with Crippen molar-refractivity contribution in [1.82, 2.24) is 0 Å².